The summed E-state index contributed by atoms with van der Waals surface area (Å²) in [6.45, 7) is 0. The molecule has 0 aliphatic carbocycles. The van der Waals surface area contributed by atoms with Gasteiger partial charge in [-0.15, -0.1) is 0 Å². The van der Waals surface area contributed by atoms with Crippen LogP contribution in [0.15, 0.2) is 50.1 Å². The number of halogens is 2. The summed E-state index contributed by atoms with van der Waals surface area (Å²) in [7, 11) is 1.57. The summed E-state index contributed by atoms with van der Waals surface area (Å²) in [5.74, 6) is -1.59. The van der Waals surface area contributed by atoms with Crippen LogP contribution in [0.1, 0.15) is 15.9 Å². The van der Waals surface area contributed by atoms with Crippen LogP contribution in [0.5, 0.6) is 0 Å². The summed E-state index contributed by atoms with van der Waals surface area (Å²) in [6, 6.07) is 9.10. The number of rotatable bonds is 2. The summed E-state index contributed by atoms with van der Waals surface area (Å²) >= 11 is 3.05. The molecule has 0 saturated heterocycles. The minimum Gasteiger partial charge on any atom is -0.408 e. The van der Waals surface area contributed by atoms with Gasteiger partial charge in [-0.3, -0.25) is 9.36 Å². The number of carbonyl (C=O) groups is 1. The Morgan fingerprint density at radius 2 is 2.05 bits per heavy atom. The number of aryl methyl sites for hydroxylation is 1. The van der Waals surface area contributed by atoms with Crippen LogP contribution in [-0.2, 0) is 7.05 Å². The van der Waals surface area contributed by atoms with Gasteiger partial charge in [-0.05, 0) is 46.3 Å². The van der Waals surface area contributed by atoms with Crippen molar-refractivity contribution in [2.24, 2.45) is 7.05 Å². The van der Waals surface area contributed by atoms with E-state index in [0.717, 1.165) is 0 Å². The standard InChI is InChI=1S/C15H9BrFNO3/c1-18-11-6-5-8(7-12(11)21-15(18)20)14(19)9-3-2-4-10(16)13(9)17/h2-7H,1H3. The molecule has 21 heavy (non-hydrogen) atoms. The third-order valence-corrected chi connectivity index (χ3v) is 3.86. The zero-order chi connectivity index (χ0) is 15.1. The zero-order valence-corrected chi connectivity index (χ0v) is 12.5. The maximum atomic E-state index is 14.0. The molecule has 106 valence electrons. The van der Waals surface area contributed by atoms with Gasteiger partial charge < -0.3 is 4.42 Å². The highest BCUT2D eigenvalue weighted by molar-refractivity contribution is 9.10. The molecule has 0 aliphatic rings. The summed E-state index contributed by atoms with van der Waals surface area (Å²) < 4.78 is 20.6. The van der Waals surface area contributed by atoms with E-state index in [4.69, 9.17) is 4.42 Å². The van der Waals surface area contributed by atoms with Gasteiger partial charge in [0.15, 0.2) is 11.4 Å². The Balaban J connectivity index is 2.14. The first-order chi connectivity index (χ1) is 9.99. The summed E-state index contributed by atoms with van der Waals surface area (Å²) in [5, 5.41) is 0. The predicted molar refractivity (Wildman–Crippen MR) is 79.0 cm³/mol. The molecule has 0 N–H and O–H groups in total. The van der Waals surface area contributed by atoms with Gasteiger partial charge in [0.1, 0.15) is 5.82 Å². The topological polar surface area (TPSA) is 52.2 Å². The van der Waals surface area contributed by atoms with E-state index < -0.39 is 17.4 Å². The van der Waals surface area contributed by atoms with E-state index in [0.29, 0.717) is 11.1 Å². The van der Waals surface area contributed by atoms with Crippen LogP contribution in [-0.4, -0.2) is 10.4 Å². The van der Waals surface area contributed by atoms with Gasteiger partial charge in [0.2, 0.25) is 0 Å². The first-order valence-corrected chi connectivity index (χ1v) is 6.86. The van der Waals surface area contributed by atoms with Gasteiger partial charge in [-0.25, -0.2) is 9.18 Å². The van der Waals surface area contributed by atoms with Crippen LogP contribution in [0.4, 0.5) is 4.39 Å². The average Bonchev–Trinajstić information content (AvgIpc) is 2.76. The largest absolute Gasteiger partial charge is 0.419 e. The number of aromatic nitrogens is 1. The van der Waals surface area contributed by atoms with Crippen molar-refractivity contribution in [3.63, 3.8) is 0 Å². The molecule has 0 amide bonds. The van der Waals surface area contributed by atoms with Gasteiger partial charge >= 0.3 is 5.76 Å². The SMILES string of the molecule is Cn1c(=O)oc2cc(C(=O)c3cccc(Br)c3F)ccc21. The second kappa shape index (κ2) is 4.96. The number of ketones is 1. The smallest absolute Gasteiger partial charge is 0.408 e. The molecule has 4 nitrogen and oxygen atoms in total. The van der Waals surface area contributed by atoms with Crippen molar-refractivity contribution < 1.29 is 13.6 Å². The lowest BCUT2D eigenvalue weighted by atomic mass is 10.0. The molecule has 1 heterocycles. The fourth-order valence-corrected chi connectivity index (χ4v) is 2.48. The molecule has 0 radical (unpaired) electrons. The molecule has 0 fully saturated rings. The van der Waals surface area contributed by atoms with Crippen LogP contribution < -0.4 is 5.76 Å². The number of hydrogen-bond donors (Lipinski definition) is 0. The van der Waals surface area contributed by atoms with Crippen LogP contribution in [0, 0.1) is 5.82 Å². The van der Waals surface area contributed by atoms with E-state index in [1.807, 2.05) is 0 Å². The van der Waals surface area contributed by atoms with Crippen LogP contribution in [0.25, 0.3) is 11.1 Å². The van der Waals surface area contributed by atoms with Crippen molar-refractivity contribution in [2.45, 2.75) is 0 Å². The number of carbonyl (C=O) groups excluding carboxylic acids is 1. The van der Waals surface area contributed by atoms with Crippen molar-refractivity contribution in [3.05, 3.63) is 68.4 Å². The maximum Gasteiger partial charge on any atom is 0.419 e. The van der Waals surface area contributed by atoms with Crippen LogP contribution in [0.2, 0.25) is 0 Å². The molecule has 3 rings (SSSR count). The molecule has 0 atom stereocenters. The minimum atomic E-state index is -0.614. The highest BCUT2D eigenvalue weighted by Crippen LogP contribution is 2.22. The normalized spacial score (nSPS) is 11.0. The number of hydrogen-bond acceptors (Lipinski definition) is 3. The first kappa shape index (κ1) is 13.8. The van der Waals surface area contributed by atoms with E-state index in [1.54, 1.807) is 25.2 Å². The Morgan fingerprint density at radius 3 is 2.81 bits per heavy atom. The number of nitrogens with zero attached hydrogens (tertiary/aromatic N) is 1. The second-order valence-corrected chi connectivity index (χ2v) is 5.39. The maximum absolute atomic E-state index is 14.0. The van der Waals surface area contributed by atoms with Gasteiger partial charge in [-0.2, -0.15) is 0 Å². The molecule has 2 aromatic carbocycles. The number of oxazole rings is 1. The highest BCUT2D eigenvalue weighted by atomic mass is 79.9. The molecular weight excluding hydrogens is 341 g/mol. The summed E-state index contributed by atoms with van der Waals surface area (Å²) in [6.07, 6.45) is 0. The quantitative estimate of drug-likeness (QED) is 0.667. The molecule has 0 aliphatic heterocycles. The molecule has 0 spiro atoms. The molecule has 3 aromatic rings. The van der Waals surface area contributed by atoms with E-state index in [2.05, 4.69) is 15.9 Å². The average molecular weight is 350 g/mol. The predicted octanol–water partition coefficient (Wildman–Crippen LogP) is 3.26. The number of benzene rings is 2. The van der Waals surface area contributed by atoms with Crippen molar-refractivity contribution in [2.75, 3.05) is 0 Å². The van der Waals surface area contributed by atoms with E-state index in [-0.39, 0.29) is 15.6 Å². The Morgan fingerprint density at radius 1 is 1.29 bits per heavy atom. The molecule has 0 unspecified atom stereocenters. The van der Waals surface area contributed by atoms with Crippen molar-refractivity contribution in [3.8, 4) is 0 Å². The molecule has 0 saturated carbocycles. The Bertz CT molecular complexity index is 926. The third kappa shape index (κ3) is 2.21. The first-order valence-electron chi connectivity index (χ1n) is 6.07. The lowest BCUT2D eigenvalue weighted by molar-refractivity contribution is 0.103. The number of fused-ring (bicyclic) bond motifs is 1. The summed E-state index contributed by atoms with van der Waals surface area (Å²) in [5.41, 5.74) is 1.09. The second-order valence-electron chi connectivity index (χ2n) is 4.54. The lowest BCUT2D eigenvalue weighted by Crippen LogP contribution is -2.08. The zero-order valence-electron chi connectivity index (χ0n) is 10.9. The fourth-order valence-electron chi connectivity index (χ4n) is 2.11. The molecule has 0 bridgehead atoms. The van der Waals surface area contributed by atoms with Gasteiger partial charge in [0.05, 0.1) is 15.6 Å². The molecule has 1 aromatic heterocycles. The molecule has 6 heteroatoms. The van der Waals surface area contributed by atoms with Crippen molar-refractivity contribution in [1.82, 2.24) is 4.57 Å². The van der Waals surface area contributed by atoms with Gasteiger partial charge in [0, 0.05) is 12.6 Å². The van der Waals surface area contributed by atoms with Gasteiger partial charge in [-0.1, -0.05) is 6.07 Å². The highest BCUT2D eigenvalue weighted by Gasteiger charge is 2.17. The van der Waals surface area contributed by atoms with E-state index in [9.17, 15) is 14.0 Å². The third-order valence-electron chi connectivity index (χ3n) is 3.25. The Labute approximate surface area is 126 Å². The monoisotopic (exact) mass is 349 g/mol. The van der Waals surface area contributed by atoms with E-state index >= 15 is 0 Å². The summed E-state index contributed by atoms with van der Waals surface area (Å²) in [4.78, 5) is 23.8. The van der Waals surface area contributed by atoms with E-state index in [1.165, 1.54) is 22.8 Å². The minimum absolute atomic E-state index is 0.0398. The Kier molecular flexibility index (Phi) is 3.25. The molecular formula is C15H9BrFNO3. The van der Waals surface area contributed by atoms with Gasteiger partial charge in [0.25, 0.3) is 0 Å². The fraction of sp³-hybridized carbons (Fsp3) is 0.0667. The van der Waals surface area contributed by atoms with Crippen LogP contribution in [0.3, 0.4) is 0 Å². The van der Waals surface area contributed by atoms with Crippen molar-refractivity contribution >= 4 is 32.8 Å². The van der Waals surface area contributed by atoms with Crippen LogP contribution >= 0.6 is 15.9 Å². The lowest BCUT2D eigenvalue weighted by Gasteiger charge is -2.04. The Hall–Kier alpha value is -2.21. The van der Waals surface area contributed by atoms with Crippen molar-refractivity contribution in [1.29, 1.82) is 0 Å².